The van der Waals surface area contributed by atoms with E-state index in [1.54, 1.807) is 16.7 Å². The zero-order valence-corrected chi connectivity index (χ0v) is 13.2. The topological polar surface area (TPSA) is 0 Å². The third-order valence-corrected chi connectivity index (χ3v) is 7.15. The lowest BCUT2D eigenvalue weighted by molar-refractivity contribution is 0.352. The Bertz CT molecular complexity index is 520. The van der Waals surface area contributed by atoms with Gasteiger partial charge in [0.25, 0.3) is 0 Å². The summed E-state index contributed by atoms with van der Waals surface area (Å²) in [6, 6.07) is 0. The molecule has 0 nitrogen and oxygen atoms in total. The summed E-state index contributed by atoms with van der Waals surface area (Å²) < 4.78 is 0. The van der Waals surface area contributed by atoms with E-state index < -0.39 is 0 Å². The highest BCUT2D eigenvalue weighted by Gasteiger charge is 2.47. The second kappa shape index (κ2) is 4.12. The standard InChI is InChI=1S/C20H28/c1-14-10-19(8-5-17(14)12-19)7-4-16(3)20-9-6-18(13-20)15(2)11-20/h10-11,17-18H,3-9,12-13H2,1-2H3. The SMILES string of the molecule is C=C(CCC12C=C(C)C(CC1)C2)C12C=C(C)C(CC1)C2. The average Bonchev–Trinajstić information content (AvgIpc) is 3.14. The Kier molecular flexibility index (Phi) is 2.66. The molecule has 0 heteroatoms. The third-order valence-electron chi connectivity index (χ3n) is 7.15. The summed E-state index contributed by atoms with van der Waals surface area (Å²) >= 11 is 0. The fraction of sp³-hybridized carbons (Fsp3) is 0.700. The number of hydrogen-bond donors (Lipinski definition) is 0. The first-order valence-electron chi connectivity index (χ1n) is 8.59. The van der Waals surface area contributed by atoms with Gasteiger partial charge in [-0.05, 0) is 82.5 Å². The van der Waals surface area contributed by atoms with Crippen LogP contribution >= 0.6 is 0 Å². The molecule has 0 N–H and O–H groups in total. The van der Waals surface area contributed by atoms with Crippen LogP contribution in [-0.4, -0.2) is 0 Å². The fourth-order valence-electron chi connectivity index (χ4n) is 5.80. The van der Waals surface area contributed by atoms with E-state index in [9.17, 15) is 0 Å². The van der Waals surface area contributed by atoms with Crippen LogP contribution in [0.3, 0.4) is 0 Å². The average molecular weight is 268 g/mol. The van der Waals surface area contributed by atoms with Gasteiger partial charge in [0, 0.05) is 5.41 Å². The van der Waals surface area contributed by atoms with Gasteiger partial charge in [-0.25, -0.2) is 0 Å². The molecular formula is C20H28. The van der Waals surface area contributed by atoms with Crippen LogP contribution in [0, 0.1) is 22.7 Å². The van der Waals surface area contributed by atoms with Crippen molar-refractivity contribution in [3.05, 3.63) is 35.5 Å². The first kappa shape index (κ1) is 12.9. The van der Waals surface area contributed by atoms with Crippen LogP contribution in [0.4, 0.5) is 0 Å². The fourth-order valence-corrected chi connectivity index (χ4v) is 5.80. The van der Waals surface area contributed by atoms with Gasteiger partial charge < -0.3 is 0 Å². The van der Waals surface area contributed by atoms with Crippen molar-refractivity contribution in [2.75, 3.05) is 0 Å². The molecule has 0 heterocycles. The van der Waals surface area contributed by atoms with Crippen molar-refractivity contribution in [2.45, 2.75) is 65.2 Å². The summed E-state index contributed by atoms with van der Waals surface area (Å²) in [6.45, 7) is 9.22. The van der Waals surface area contributed by atoms with Crippen LogP contribution in [0.5, 0.6) is 0 Å². The predicted molar refractivity (Wildman–Crippen MR) is 85.4 cm³/mol. The number of allylic oxidation sites excluding steroid dienone is 5. The van der Waals surface area contributed by atoms with Crippen molar-refractivity contribution in [1.29, 1.82) is 0 Å². The highest BCUT2D eigenvalue weighted by Crippen LogP contribution is 2.59. The predicted octanol–water partition coefficient (Wildman–Crippen LogP) is 5.82. The number of rotatable bonds is 4. The lowest BCUT2D eigenvalue weighted by Gasteiger charge is -2.30. The minimum absolute atomic E-state index is 0.404. The Hall–Kier alpha value is -0.780. The summed E-state index contributed by atoms with van der Waals surface area (Å²) in [5, 5.41) is 0. The van der Waals surface area contributed by atoms with E-state index in [0.717, 1.165) is 11.8 Å². The normalized spacial score (nSPS) is 44.9. The van der Waals surface area contributed by atoms with Gasteiger partial charge in [0.05, 0.1) is 0 Å². The van der Waals surface area contributed by atoms with Gasteiger partial charge in [-0.15, -0.1) is 0 Å². The Labute approximate surface area is 124 Å². The molecule has 0 aliphatic heterocycles. The lowest BCUT2D eigenvalue weighted by atomic mass is 9.74. The van der Waals surface area contributed by atoms with E-state index in [1.807, 2.05) is 0 Å². The van der Waals surface area contributed by atoms with E-state index in [2.05, 4.69) is 32.6 Å². The lowest BCUT2D eigenvalue weighted by Crippen LogP contribution is -2.18. The van der Waals surface area contributed by atoms with Crippen LogP contribution in [0.2, 0.25) is 0 Å². The van der Waals surface area contributed by atoms with E-state index in [1.165, 1.54) is 51.4 Å². The molecule has 2 saturated carbocycles. The van der Waals surface area contributed by atoms with Crippen LogP contribution in [-0.2, 0) is 0 Å². The van der Waals surface area contributed by atoms with E-state index in [4.69, 9.17) is 0 Å². The van der Waals surface area contributed by atoms with Crippen LogP contribution in [0.1, 0.15) is 65.2 Å². The summed E-state index contributed by atoms with van der Waals surface area (Å²) in [5.41, 5.74) is 5.84. The molecule has 0 aromatic rings. The van der Waals surface area contributed by atoms with Crippen LogP contribution in [0.15, 0.2) is 35.5 Å². The van der Waals surface area contributed by atoms with E-state index in [-0.39, 0.29) is 0 Å². The molecule has 108 valence electrons. The van der Waals surface area contributed by atoms with Crippen LogP contribution < -0.4 is 0 Å². The highest BCUT2D eigenvalue weighted by atomic mass is 14.5. The molecule has 0 amide bonds. The molecule has 0 aromatic carbocycles. The van der Waals surface area contributed by atoms with E-state index in [0.29, 0.717) is 10.8 Å². The number of fused-ring (bicyclic) bond motifs is 4. The summed E-state index contributed by atoms with van der Waals surface area (Å²) in [7, 11) is 0. The molecule has 4 unspecified atom stereocenters. The minimum atomic E-state index is 0.404. The van der Waals surface area contributed by atoms with Gasteiger partial charge in [-0.3, -0.25) is 0 Å². The zero-order chi connectivity index (χ0) is 14.0. The molecule has 4 atom stereocenters. The molecule has 2 fully saturated rings. The smallest absolute Gasteiger partial charge is 0.00966 e. The molecule has 4 aliphatic carbocycles. The van der Waals surface area contributed by atoms with Crippen molar-refractivity contribution >= 4 is 0 Å². The maximum absolute atomic E-state index is 4.53. The van der Waals surface area contributed by atoms with Gasteiger partial charge >= 0.3 is 0 Å². The van der Waals surface area contributed by atoms with Crippen molar-refractivity contribution < 1.29 is 0 Å². The number of hydrogen-bond acceptors (Lipinski definition) is 0. The maximum atomic E-state index is 4.53. The van der Waals surface area contributed by atoms with Gasteiger partial charge in [0.1, 0.15) is 0 Å². The molecule has 20 heavy (non-hydrogen) atoms. The Balaban J connectivity index is 1.45. The van der Waals surface area contributed by atoms with Crippen molar-refractivity contribution in [3.8, 4) is 0 Å². The van der Waals surface area contributed by atoms with Crippen molar-refractivity contribution in [2.24, 2.45) is 22.7 Å². The maximum Gasteiger partial charge on any atom is 0.00966 e. The van der Waals surface area contributed by atoms with Gasteiger partial charge in [-0.2, -0.15) is 0 Å². The Morgan fingerprint density at radius 1 is 1.10 bits per heavy atom. The van der Waals surface area contributed by atoms with Crippen molar-refractivity contribution in [3.63, 3.8) is 0 Å². The molecule has 4 aliphatic rings. The van der Waals surface area contributed by atoms with Crippen molar-refractivity contribution in [1.82, 2.24) is 0 Å². The van der Waals surface area contributed by atoms with E-state index >= 15 is 0 Å². The van der Waals surface area contributed by atoms with Crippen LogP contribution in [0.25, 0.3) is 0 Å². The summed E-state index contributed by atoms with van der Waals surface area (Å²) in [6.07, 6.45) is 16.3. The summed E-state index contributed by atoms with van der Waals surface area (Å²) in [5.74, 6) is 1.81. The molecule has 4 bridgehead atoms. The molecule has 0 aromatic heterocycles. The second-order valence-electron chi connectivity index (χ2n) is 8.28. The minimum Gasteiger partial charge on any atom is -0.0990 e. The first-order chi connectivity index (χ1) is 9.52. The van der Waals surface area contributed by atoms with Gasteiger partial charge in [-0.1, -0.05) is 35.5 Å². The van der Waals surface area contributed by atoms with Gasteiger partial charge in [0.15, 0.2) is 0 Å². The quantitative estimate of drug-likeness (QED) is 0.564. The molecule has 0 radical (unpaired) electrons. The largest absolute Gasteiger partial charge is 0.0990 e. The second-order valence-corrected chi connectivity index (χ2v) is 8.28. The molecule has 4 rings (SSSR count). The Morgan fingerprint density at radius 3 is 2.35 bits per heavy atom. The van der Waals surface area contributed by atoms with Gasteiger partial charge in [0.2, 0.25) is 0 Å². The monoisotopic (exact) mass is 268 g/mol. The third kappa shape index (κ3) is 1.73. The zero-order valence-electron chi connectivity index (χ0n) is 13.2. The molecule has 0 spiro atoms. The summed E-state index contributed by atoms with van der Waals surface area (Å²) in [4.78, 5) is 0. The molecule has 0 saturated heterocycles. The Morgan fingerprint density at radius 2 is 1.80 bits per heavy atom. The highest BCUT2D eigenvalue weighted by molar-refractivity contribution is 5.34. The molecular weight excluding hydrogens is 240 g/mol. The first-order valence-corrected chi connectivity index (χ1v) is 8.59.